The summed E-state index contributed by atoms with van der Waals surface area (Å²) >= 11 is 1.57. The molecular formula is C17H15FN2O2S. The third-order valence-corrected chi connectivity index (χ3v) is 4.93. The van der Waals surface area contributed by atoms with Crippen LogP contribution in [0.5, 0.6) is 5.75 Å². The molecule has 4 nitrogen and oxygen atoms in total. The van der Waals surface area contributed by atoms with Gasteiger partial charge in [0.15, 0.2) is 11.9 Å². The number of thioether (sulfide) groups is 1. The lowest BCUT2D eigenvalue weighted by molar-refractivity contribution is -0.0171. The van der Waals surface area contributed by atoms with Crippen molar-refractivity contribution in [3.8, 4) is 5.75 Å². The molecule has 6 heteroatoms. The molecule has 2 aromatic carbocycles. The van der Waals surface area contributed by atoms with Gasteiger partial charge in [-0.1, -0.05) is 23.9 Å². The highest BCUT2D eigenvalue weighted by atomic mass is 32.2. The van der Waals surface area contributed by atoms with Crippen LogP contribution in [0.1, 0.15) is 11.1 Å². The molecule has 0 radical (unpaired) electrons. The van der Waals surface area contributed by atoms with Crippen LogP contribution in [0.2, 0.25) is 0 Å². The Bertz CT molecular complexity index is 878. The molecule has 2 heterocycles. The molecule has 0 saturated carbocycles. The minimum Gasteiger partial charge on any atom is -0.467 e. The zero-order valence-corrected chi connectivity index (χ0v) is 13.4. The molecule has 0 spiro atoms. The topological polar surface area (TPSA) is 36.3 Å². The summed E-state index contributed by atoms with van der Waals surface area (Å²) in [6.07, 6.45) is 0. The molecule has 23 heavy (non-hydrogen) atoms. The molecule has 3 aromatic rings. The van der Waals surface area contributed by atoms with Gasteiger partial charge < -0.3 is 14.0 Å². The van der Waals surface area contributed by atoms with Gasteiger partial charge in [0.1, 0.15) is 11.6 Å². The van der Waals surface area contributed by atoms with Gasteiger partial charge >= 0.3 is 0 Å². The first kappa shape index (κ1) is 14.5. The summed E-state index contributed by atoms with van der Waals surface area (Å²) in [5.74, 6) is 1.07. The number of hydrogen-bond acceptors (Lipinski definition) is 4. The Hall–Kier alpha value is -2.05. The number of aromatic nitrogens is 2. The van der Waals surface area contributed by atoms with Gasteiger partial charge in [-0.25, -0.2) is 9.37 Å². The number of benzene rings is 2. The lowest BCUT2D eigenvalue weighted by Gasteiger charge is -2.20. The Kier molecular flexibility index (Phi) is 3.71. The van der Waals surface area contributed by atoms with Crippen molar-refractivity contribution in [3.05, 3.63) is 53.3 Å². The van der Waals surface area contributed by atoms with Crippen LogP contribution in [0.4, 0.5) is 4.39 Å². The standard InChI is InChI=1S/C17H15FN2O2S/c1-20-15-5-3-2-4-14(15)19-17(20)23-9-12-7-13(18)6-11-8-21-10-22-16(11)12/h2-7H,8-10H2,1H3. The van der Waals surface area contributed by atoms with E-state index in [9.17, 15) is 4.39 Å². The van der Waals surface area contributed by atoms with Crippen molar-refractivity contribution in [3.63, 3.8) is 0 Å². The maximum Gasteiger partial charge on any atom is 0.189 e. The number of halogens is 1. The molecule has 0 N–H and O–H groups in total. The van der Waals surface area contributed by atoms with Gasteiger partial charge in [-0.05, 0) is 24.3 Å². The maximum absolute atomic E-state index is 13.8. The molecular weight excluding hydrogens is 315 g/mol. The smallest absolute Gasteiger partial charge is 0.189 e. The largest absolute Gasteiger partial charge is 0.467 e. The van der Waals surface area contributed by atoms with Crippen molar-refractivity contribution in [2.75, 3.05) is 6.79 Å². The molecule has 0 saturated heterocycles. The van der Waals surface area contributed by atoms with Crippen LogP contribution in [-0.4, -0.2) is 16.3 Å². The molecule has 0 unspecified atom stereocenters. The molecule has 1 aromatic heterocycles. The van der Waals surface area contributed by atoms with Gasteiger partial charge in [0.05, 0.1) is 17.6 Å². The number of para-hydroxylation sites is 2. The quantitative estimate of drug-likeness (QED) is 0.683. The van der Waals surface area contributed by atoms with E-state index in [1.165, 1.54) is 12.1 Å². The molecule has 1 aliphatic rings. The van der Waals surface area contributed by atoms with Gasteiger partial charge in [0, 0.05) is 23.9 Å². The normalized spacial score (nSPS) is 13.8. The third kappa shape index (κ3) is 2.68. The zero-order chi connectivity index (χ0) is 15.8. The second-order valence-corrected chi connectivity index (χ2v) is 6.34. The van der Waals surface area contributed by atoms with E-state index in [0.717, 1.165) is 33.1 Å². The summed E-state index contributed by atoms with van der Waals surface area (Å²) in [4.78, 5) is 4.63. The SMILES string of the molecule is Cn1c(SCc2cc(F)cc3c2OCOC3)nc2ccccc21. The van der Waals surface area contributed by atoms with Crippen molar-refractivity contribution >= 4 is 22.8 Å². The summed E-state index contributed by atoms with van der Waals surface area (Å²) in [5, 5.41) is 0.899. The fraction of sp³-hybridized carbons (Fsp3) is 0.235. The number of aryl methyl sites for hydroxylation is 1. The number of fused-ring (bicyclic) bond motifs is 2. The number of rotatable bonds is 3. The monoisotopic (exact) mass is 330 g/mol. The summed E-state index contributed by atoms with van der Waals surface area (Å²) in [6, 6.07) is 11.0. The second-order valence-electron chi connectivity index (χ2n) is 5.39. The van der Waals surface area contributed by atoms with E-state index in [0.29, 0.717) is 12.4 Å². The average Bonchev–Trinajstić information content (AvgIpc) is 2.89. The second kappa shape index (κ2) is 5.86. The minimum atomic E-state index is -0.265. The predicted octanol–water partition coefficient (Wildman–Crippen LogP) is 3.87. The Balaban J connectivity index is 1.63. The number of nitrogens with zero attached hydrogens (tertiary/aromatic N) is 2. The predicted molar refractivity (Wildman–Crippen MR) is 87.0 cm³/mol. The maximum atomic E-state index is 13.8. The number of ether oxygens (including phenoxy) is 2. The average molecular weight is 330 g/mol. The van der Waals surface area contributed by atoms with Crippen LogP contribution in [0.15, 0.2) is 41.6 Å². The van der Waals surface area contributed by atoms with Crippen LogP contribution in [0.3, 0.4) is 0 Å². The van der Waals surface area contributed by atoms with Crippen LogP contribution < -0.4 is 4.74 Å². The highest BCUT2D eigenvalue weighted by Gasteiger charge is 2.18. The molecule has 0 atom stereocenters. The fourth-order valence-electron chi connectivity index (χ4n) is 2.76. The first-order chi connectivity index (χ1) is 11.2. The van der Waals surface area contributed by atoms with Crippen LogP contribution in [0, 0.1) is 5.82 Å². The molecule has 0 amide bonds. The number of hydrogen-bond donors (Lipinski definition) is 0. The molecule has 118 valence electrons. The van der Waals surface area contributed by atoms with E-state index in [-0.39, 0.29) is 12.6 Å². The molecule has 0 aliphatic carbocycles. The van der Waals surface area contributed by atoms with Crippen LogP contribution in [-0.2, 0) is 24.1 Å². The zero-order valence-electron chi connectivity index (χ0n) is 12.6. The Morgan fingerprint density at radius 1 is 1.30 bits per heavy atom. The van der Waals surface area contributed by atoms with Gasteiger partial charge in [-0.3, -0.25) is 0 Å². The van der Waals surface area contributed by atoms with Gasteiger partial charge in [0.25, 0.3) is 0 Å². The van der Waals surface area contributed by atoms with E-state index in [1.807, 2.05) is 31.3 Å². The van der Waals surface area contributed by atoms with E-state index in [2.05, 4.69) is 9.55 Å². The van der Waals surface area contributed by atoms with Crippen molar-refractivity contribution in [1.29, 1.82) is 0 Å². The van der Waals surface area contributed by atoms with Gasteiger partial charge in [-0.2, -0.15) is 0 Å². The summed E-state index contributed by atoms with van der Waals surface area (Å²) in [6.45, 7) is 0.597. The van der Waals surface area contributed by atoms with Crippen molar-refractivity contribution < 1.29 is 13.9 Å². The lowest BCUT2D eigenvalue weighted by atomic mass is 10.1. The minimum absolute atomic E-state index is 0.211. The first-order valence-electron chi connectivity index (χ1n) is 7.28. The highest BCUT2D eigenvalue weighted by Crippen LogP contribution is 2.34. The van der Waals surface area contributed by atoms with E-state index >= 15 is 0 Å². The van der Waals surface area contributed by atoms with Gasteiger partial charge in [-0.15, -0.1) is 0 Å². The van der Waals surface area contributed by atoms with Crippen molar-refractivity contribution in [2.24, 2.45) is 7.05 Å². The summed E-state index contributed by atoms with van der Waals surface area (Å²) in [5.41, 5.74) is 3.64. The highest BCUT2D eigenvalue weighted by molar-refractivity contribution is 7.98. The summed E-state index contributed by atoms with van der Waals surface area (Å²) in [7, 11) is 1.99. The Morgan fingerprint density at radius 2 is 2.17 bits per heavy atom. The molecule has 0 fully saturated rings. The Labute approximate surface area is 137 Å². The van der Waals surface area contributed by atoms with E-state index in [4.69, 9.17) is 9.47 Å². The number of imidazole rings is 1. The first-order valence-corrected chi connectivity index (χ1v) is 8.27. The summed E-state index contributed by atoms with van der Waals surface area (Å²) < 4.78 is 26.6. The molecule has 4 rings (SSSR count). The third-order valence-electron chi connectivity index (χ3n) is 3.85. The van der Waals surface area contributed by atoms with Crippen molar-refractivity contribution in [2.45, 2.75) is 17.5 Å². The van der Waals surface area contributed by atoms with Gasteiger partial charge in [0.2, 0.25) is 0 Å². The lowest BCUT2D eigenvalue weighted by Crippen LogP contribution is -2.13. The molecule has 0 bridgehead atoms. The fourth-order valence-corrected chi connectivity index (χ4v) is 3.71. The van der Waals surface area contributed by atoms with E-state index in [1.54, 1.807) is 11.8 Å². The van der Waals surface area contributed by atoms with Crippen molar-refractivity contribution in [1.82, 2.24) is 9.55 Å². The van der Waals surface area contributed by atoms with Crippen LogP contribution in [0.25, 0.3) is 11.0 Å². The molecule has 1 aliphatic heterocycles. The Morgan fingerprint density at radius 3 is 3.04 bits per heavy atom. The van der Waals surface area contributed by atoms with Crippen LogP contribution >= 0.6 is 11.8 Å². The van der Waals surface area contributed by atoms with E-state index < -0.39 is 0 Å².